The number of carbonyl (C=O) groups excluding carboxylic acids is 1. The zero-order chi connectivity index (χ0) is 24.9. The van der Waals surface area contributed by atoms with E-state index in [4.69, 9.17) is 28.1 Å². The van der Waals surface area contributed by atoms with Gasteiger partial charge in [-0.2, -0.15) is 0 Å². The molecule has 180 valence electrons. The van der Waals surface area contributed by atoms with Gasteiger partial charge in [0.1, 0.15) is 17.1 Å². The van der Waals surface area contributed by atoms with Crippen LogP contribution in [0.25, 0.3) is 34.4 Å². The predicted octanol–water partition coefficient (Wildman–Crippen LogP) is 6.09. The van der Waals surface area contributed by atoms with Crippen LogP contribution in [0.1, 0.15) is 21.5 Å². The predicted molar refractivity (Wildman–Crippen MR) is 135 cm³/mol. The highest BCUT2D eigenvalue weighted by molar-refractivity contribution is 6.01. The molecule has 7 nitrogen and oxygen atoms in total. The van der Waals surface area contributed by atoms with Crippen molar-refractivity contribution in [3.05, 3.63) is 71.3 Å². The first-order valence-electron chi connectivity index (χ1n) is 10.8. The third kappa shape index (κ3) is 4.66. The number of benzene rings is 3. The van der Waals surface area contributed by atoms with Crippen molar-refractivity contribution in [3.63, 3.8) is 0 Å². The lowest BCUT2D eigenvalue weighted by molar-refractivity contribution is 0.0601. The van der Waals surface area contributed by atoms with Crippen molar-refractivity contribution in [2.75, 3.05) is 35.5 Å². The minimum absolute atomic E-state index is 0.418. The molecular formula is C28H26O7. The van der Waals surface area contributed by atoms with E-state index in [0.29, 0.717) is 34.2 Å². The van der Waals surface area contributed by atoms with Crippen LogP contribution >= 0.6 is 0 Å². The molecule has 0 unspecified atom stereocenters. The minimum atomic E-state index is -0.418. The molecular weight excluding hydrogens is 448 g/mol. The number of hydrogen-bond donors (Lipinski definition) is 0. The van der Waals surface area contributed by atoms with Gasteiger partial charge in [0.15, 0.2) is 11.5 Å². The molecule has 7 heteroatoms. The van der Waals surface area contributed by atoms with Crippen LogP contribution < -0.4 is 18.9 Å². The van der Waals surface area contributed by atoms with Crippen LogP contribution in [0.4, 0.5) is 0 Å². The molecule has 0 N–H and O–H groups in total. The topological polar surface area (TPSA) is 76.4 Å². The standard InChI is InChI=1S/C28H26O7/c1-30-20-10-7-18(8-11-20)26-21(22-16-19(28(29)34-5)9-13-23(22)35-26)12-6-17-14-24(31-2)27(33-4)25(15-17)32-3/h6-16H,1-5H3. The van der Waals surface area contributed by atoms with Crippen LogP contribution in [-0.4, -0.2) is 41.5 Å². The molecule has 0 fully saturated rings. The highest BCUT2D eigenvalue weighted by Gasteiger charge is 2.17. The molecule has 0 spiro atoms. The SMILES string of the molecule is COC(=O)c1ccc2oc(-c3ccc(OC)cc3)c(C=Cc3cc(OC)c(OC)c(OC)c3)c2c1. The summed E-state index contributed by atoms with van der Waals surface area (Å²) in [5, 5.41) is 0.780. The van der Waals surface area contributed by atoms with E-state index in [0.717, 1.165) is 27.8 Å². The van der Waals surface area contributed by atoms with Crippen molar-refractivity contribution in [2.45, 2.75) is 0 Å². The second kappa shape index (κ2) is 10.3. The number of hydrogen-bond acceptors (Lipinski definition) is 7. The Morgan fingerprint density at radius 1 is 0.771 bits per heavy atom. The smallest absolute Gasteiger partial charge is 0.337 e. The summed E-state index contributed by atoms with van der Waals surface area (Å²) in [5.74, 6) is 2.60. The third-order valence-electron chi connectivity index (χ3n) is 5.63. The van der Waals surface area contributed by atoms with Crippen molar-refractivity contribution in [1.82, 2.24) is 0 Å². The van der Waals surface area contributed by atoms with Crippen LogP contribution in [0, 0.1) is 0 Å². The van der Waals surface area contributed by atoms with Gasteiger partial charge in [-0.25, -0.2) is 4.79 Å². The van der Waals surface area contributed by atoms with Gasteiger partial charge in [-0.1, -0.05) is 6.08 Å². The average molecular weight is 475 g/mol. The normalized spacial score (nSPS) is 11.0. The lowest BCUT2D eigenvalue weighted by Crippen LogP contribution is -2.00. The fourth-order valence-electron chi connectivity index (χ4n) is 3.86. The van der Waals surface area contributed by atoms with Gasteiger partial charge in [0.25, 0.3) is 0 Å². The molecule has 4 rings (SSSR count). The van der Waals surface area contributed by atoms with Crippen LogP contribution in [0.3, 0.4) is 0 Å². The maximum Gasteiger partial charge on any atom is 0.337 e. The van der Waals surface area contributed by atoms with Gasteiger partial charge in [0.05, 0.1) is 41.1 Å². The second-order valence-corrected chi connectivity index (χ2v) is 7.57. The molecule has 35 heavy (non-hydrogen) atoms. The maximum atomic E-state index is 12.2. The van der Waals surface area contributed by atoms with Crippen molar-refractivity contribution in [1.29, 1.82) is 0 Å². The van der Waals surface area contributed by atoms with Crippen molar-refractivity contribution >= 4 is 29.1 Å². The van der Waals surface area contributed by atoms with Gasteiger partial charge in [0.2, 0.25) is 5.75 Å². The van der Waals surface area contributed by atoms with Gasteiger partial charge in [0, 0.05) is 16.5 Å². The Morgan fingerprint density at radius 2 is 1.46 bits per heavy atom. The van der Waals surface area contributed by atoms with E-state index in [1.807, 2.05) is 48.6 Å². The maximum absolute atomic E-state index is 12.2. The molecule has 1 aromatic heterocycles. The van der Waals surface area contributed by atoms with Crippen molar-refractivity contribution in [2.24, 2.45) is 0 Å². The average Bonchev–Trinajstić information content (AvgIpc) is 3.28. The zero-order valence-corrected chi connectivity index (χ0v) is 20.2. The summed E-state index contributed by atoms with van der Waals surface area (Å²) in [6.45, 7) is 0. The monoisotopic (exact) mass is 474 g/mol. The number of fused-ring (bicyclic) bond motifs is 1. The molecule has 0 saturated heterocycles. The summed E-state index contributed by atoms with van der Waals surface area (Å²) in [6, 6.07) is 16.5. The fourth-order valence-corrected chi connectivity index (χ4v) is 3.86. The molecule has 0 amide bonds. The summed E-state index contributed by atoms with van der Waals surface area (Å²) in [4.78, 5) is 12.2. The molecule has 0 radical (unpaired) electrons. The summed E-state index contributed by atoms with van der Waals surface area (Å²) in [7, 11) is 7.69. The molecule has 0 atom stereocenters. The Balaban J connectivity index is 1.88. The minimum Gasteiger partial charge on any atom is -0.497 e. The van der Waals surface area contributed by atoms with E-state index < -0.39 is 5.97 Å². The van der Waals surface area contributed by atoms with E-state index in [1.54, 1.807) is 46.6 Å². The molecule has 0 bridgehead atoms. The van der Waals surface area contributed by atoms with Crippen molar-refractivity contribution < 1.29 is 32.9 Å². The van der Waals surface area contributed by atoms with Crippen molar-refractivity contribution in [3.8, 4) is 34.3 Å². The Hall–Kier alpha value is -4.39. The van der Waals surface area contributed by atoms with Crippen LogP contribution in [-0.2, 0) is 4.74 Å². The summed E-state index contributed by atoms with van der Waals surface area (Å²) in [5.41, 5.74) is 3.59. The largest absolute Gasteiger partial charge is 0.497 e. The van der Waals surface area contributed by atoms with Gasteiger partial charge < -0.3 is 28.1 Å². The van der Waals surface area contributed by atoms with E-state index in [9.17, 15) is 4.79 Å². The lowest BCUT2D eigenvalue weighted by atomic mass is 10.0. The Bertz CT molecular complexity index is 1360. The fraction of sp³-hybridized carbons (Fsp3) is 0.179. The molecule has 0 saturated carbocycles. The number of carbonyl (C=O) groups is 1. The number of methoxy groups -OCH3 is 5. The Kier molecular flexibility index (Phi) is 6.96. The summed E-state index contributed by atoms with van der Waals surface area (Å²) < 4.78 is 32.8. The molecule has 0 aliphatic heterocycles. The number of furan rings is 1. The number of esters is 1. The molecule has 0 aliphatic rings. The highest BCUT2D eigenvalue weighted by Crippen LogP contribution is 2.40. The third-order valence-corrected chi connectivity index (χ3v) is 5.63. The highest BCUT2D eigenvalue weighted by atomic mass is 16.5. The quantitative estimate of drug-likeness (QED) is 0.286. The van der Waals surface area contributed by atoms with Gasteiger partial charge in [-0.3, -0.25) is 0 Å². The van der Waals surface area contributed by atoms with E-state index >= 15 is 0 Å². The zero-order valence-electron chi connectivity index (χ0n) is 20.2. The van der Waals surface area contributed by atoms with Crippen LogP contribution in [0.15, 0.2) is 59.0 Å². The first kappa shape index (κ1) is 23.8. The van der Waals surface area contributed by atoms with E-state index in [1.165, 1.54) is 7.11 Å². The number of rotatable bonds is 8. The van der Waals surface area contributed by atoms with Crippen LogP contribution in [0.5, 0.6) is 23.0 Å². The first-order chi connectivity index (χ1) is 17.0. The molecule has 4 aromatic rings. The second-order valence-electron chi connectivity index (χ2n) is 7.57. The molecule has 0 aliphatic carbocycles. The van der Waals surface area contributed by atoms with Gasteiger partial charge >= 0.3 is 5.97 Å². The summed E-state index contributed by atoms with van der Waals surface area (Å²) in [6.07, 6.45) is 3.86. The van der Waals surface area contributed by atoms with Crippen LogP contribution in [0.2, 0.25) is 0 Å². The number of ether oxygens (including phenoxy) is 5. The van der Waals surface area contributed by atoms with Gasteiger partial charge in [-0.15, -0.1) is 0 Å². The molecule has 1 heterocycles. The summed E-state index contributed by atoms with van der Waals surface area (Å²) >= 11 is 0. The van der Waals surface area contributed by atoms with Gasteiger partial charge in [-0.05, 0) is 66.2 Å². The van der Waals surface area contributed by atoms with E-state index in [-0.39, 0.29) is 0 Å². The lowest BCUT2D eigenvalue weighted by Gasteiger charge is -2.12. The van der Waals surface area contributed by atoms with E-state index in [2.05, 4.69) is 0 Å². The Labute approximate surface area is 203 Å². The molecule has 3 aromatic carbocycles. The Morgan fingerprint density at radius 3 is 2.03 bits per heavy atom. The first-order valence-corrected chi connectivity index (χ1v) is 10.8.